The van der Waals surface area contributed by atoms with Gasteiger partial charge in [-0.25, -0.2) is 18.0 Å². The summed E-state index contributed by atoms with van der Waals surface area (Å²) in [6, 6.07) is 19.8. The van der Waals surface area contributed by atoms with Crippen LogP contribution in [0, 0.1) is 0 Å². The Bertz CT molecular complexity index is 1670. The van der Waals surface area contributed by atoms with Crippen molar-refractivity contribution in [2.75, 3.05) is 4.31 Å². The van der Waals surface area contributed by atoms with Crippen molar-refractivity contribution in [1.29, 1.82) is 0 Å². The van der Waals surface area contributed by atoms with Crippen molar-refractivity contribution in [1.82, 2.24) is 0 Å². The summed E-state index contributed by atoms with van der Waals surface area (Å²) in [7, 11) is -4.66. The van der Waals surface area contributed by atoms with E-state index in [-0.39, 0.29) is 27.6 Å². The van der Waals surface area contributed by atoms with Crippen molar-refractivity contribution in [2.24, 2.45) is 0 Å². The summed E-state index contributed by atoms with van der Waals surface area (Å²) in [6.07, 6.45) is 0. The van der Waals surface area contributed by atoms with Crippen LogP contribution in [0.25, 0.3) is 0 Å². The first-order chi connectivity index (χ1) is 18.5. The molecule has 0 aliphatic carbocycles. The first-order valence-corrected chi connectivity index (χ1v) is 13.5. The molecule has 0 heterocycles. The smallest absolute Gasteiger partial charge is 0.343 e. The lowest BCUT2D eigenvalue weighted by atomic mass is 10.2. The molecular weight excluding hydrogens is 589 g/mol. The topological polar surface area (TPSA) is 118 Å². The molecular formula is C27H16Cl3NO7S. The monoisotopic (exact) mass is 603 g/mol. The van der Waals surface area contributed by atoms with Crippen molar-refractivity contribution in [2.45, 2.75) is 4.90 Å². The first-order valence-electron chi connectivity index (χ1n) is 10.9. The number of carboxylic acids is 1. The van der Waals surface area contributed by atoms with Gasteiger partial charge in [-0.1, -0.05) is 34.8 Å². The number of amides is 1. The molecule has 0 bridgehead atoms. The molecule has 39 heavy (non-hydrogen) atoms. The van der Waals surface area contributed by atoms with Crippen LogP contribution in [0.2, 0.25) is 15.1 Å². The third kappa shape index (κ3) is 6.23. The van der Waals surface area contributed by atoms with Gasteiger partial charge in [-0.3, -0.25) is 4.79 Å². The molecule has 8 nitrogen and oxygen atoms in total. The van der Waals surface area contributed by atoms with Crippen molar-refractivity contribution in [3.05, 3.63) is 123 Å². The minimum absolute atomic E-state index is 0.00589. The fourth-order valence-electron chi connectivity index (χ4n) is 3.41. The number of nitrogens with zero attached hydrogens (tertiary/aromatic N) is 1. The van der Waals surface area contributed by atoms with Crippen LogP contribution < -0.4 is 9.04 Å². The summed E-state index contributed by atoms with van der Waals surface area (Å²) in [5.74, 6) is -2.98. The van der Waals surface area contributed by atoms with Crippen molar-refractivity contribution >= 4 is 68.4 Å². The highest BCUT2D eigenvalue weighted by atomic mass is 35.5. The van der Waals surface area contributed by atoms with Gasteiger partial charge in [0.15, 0.2) is 0 Å². The molecule has 0 aromatic heterocycles. The number of ether oxygens (including phenoxy) is 1. The van der Waals surface area contributed by atoms with E-state index in [1.807, 2.05) is 0 Å². The summed E-state index contributed by atoms with van der Waals surface area (Å²) in [5, 5.41) is 10.00. The maximum absolute atomic E-state index is 13.7. The van der Waals surface area contributed by atoms with Gasteiger partial charge in [0.05, 0.1) is 26.7 Å². The zero-order valence-electron chi connectivity index (χ0n) is 19.5. The number of hydrogen-bond acceptors (Lipinski definition) is 6. The Kier molecular flexibility index (Phi) is 8.27. The van der Waals surface area contributed by atoms with Crippen LogP contribution in [-0.4, -0.2) is 31.4 Å². The van der Waals surface area contributed by atoms with Crippen LogP contribution >= 0.6 is 34.8 Å². The Morgan fingerprint density at radius 2 is 1.26 bits per heavy atom. The van der Waals surface area contributed by atoms with E-state index < -0.39 is 38.3 Å². The minimum Gasteiger partial charge on any atom is -0.478 e. The van der Waals surface area contributed by atoms with Crippen LogP contribution in [0.5, 0.6) is 5.75 Å². The summed E-state index contributed by atoms with van der Waals surface area (Å²) in [6.45, 7) is 0. The number of esters is 1. The molecule has 1 amide bonds. The van der Waals surface area contributed by atoms with Gasteiger partial charge in [-0.05, 0) is 91.0 Å². The minimum atomic E-state index is -4.66. The number of halogens is 3. The molecule has 0 saturated heterocycles. The van der Waals surface area contributed by atoms with Crippen molar-refractivity contribution in [3.8, 4) is 5.75 Å². The molecule has 0 spiro atoms. The van der Waals surface area contributed by atoms with E-state index >= 15 is 0 Å². The zero-order valence-corrected chi connectivity index (χ0v) is 22.6. The third-order valence-corrected chi connectivity index (χ3v) is 7.88. The molecule has 4 rings (SSSR count). The SMILES string of the molecule is O=C(Oc1ccc(N(C(=O)c2ccc(Cl)cc2)S(=O)(=O)c2ccc(Cl)c(C(=O)O)c2)cc1)c1ccc(Cl)cc1. The average molecular weight is 605 g/mol. The number of anilines is 1. The molecule has 1 N–H and O–H groups in total. The van der Waals surface area contributed by atoms with Gasteiger partial charge in [0.2, 0.25) is 0 Å². The van der Waals surface area contributed by atoms with E-state index in [0.29, 0.717) is 14.4 Å². The molecule has 12 heteroatoms. The normalized spacial score (nSPS) is 11.1. The van der Waals surface area contributed by atoms with Crippen LogP contribution in [0.3, 0.4) is 0 Å². The summed E-state index contributed by atoms with van der Waals surface area (Å²) in [4.78, 5) is 37.0. The molecule has 4 aromatic carbocycles. The number of rotatable bonds is 7. The van der Waals surface area contributed by atoms with Gasteiger partial charge in [0.1, 0.15) is 5.75 Å². The van der Waals surface area contributed by atoms with E-state index in [9.17, 15) is 27.9 Å². The number of carbonyl (C=O) groups is 3. The van der Waals surface area contributed by atoms with E-state index in [4.69, 9.17) is 39.5 Å². The lowest BCUT2D eigenvalue weighted by Crippen LogP contribution is -2.37. The Labute approximate surface area is 238 Å². The van der Waals surface area contributed by atoms with E-state index in [1.165, 1.54) is 72.8 Å². The molecule has 0 unspecified atom stereocenters. The highest BCUT2D eigenvalue weighted by Gasteiger charge is 2.33. The lowest BCUT2D eigenvalue weighted by Gasteiger charge is -2.23. The second kappa shape index (κ2) is 11.5. The fraction of sp³-hybridized carbons (Fsp3) is 0. The summed E-state index contributed by atoms with van der Waals surface area (Å²) >= 11 is 17.7. The standard InChI is InChI=1S/C27H16Cl3NO7S/c28-18-5-1-16(2-6-18)25(32)31(39(36,37)22-13-14-24(30)23(15-22)26(33)34)20-9-11-21(12-10-20)38-27(35)17-3-7-19(29)8-4-17/h1-15H,(H,33,34). The highest BCUT2D eigenvalue weighted by Crippen LogP contribution is 2.30. The number of aromatic carboxylic acids is 1. The Morgan fingerprint density at radius 1 is 0.718 bits per heavy atom. The predicted molar refractivity (Wildman–Crippen MR) is 147 cm³/mol. The Balaban J connectivity index is 1.74. The maximum atomic E-state index is 13.7. The maximum Gasteiger partial charge on any atom is 0.343 e. The molecule has 0 fully saturated rings. The molecule has 0 aliphatic rings. The zero-order chi connectivity index (χ0) is 28.3. The molecule has 0 aliphatic heterocycles. The molecule has 4 aromatic rings. The second-order valence-corrected chi connectivity index (χ2v) is 11.0. The molecule has 0 radical (unpaired) electrons. The van der Waals surface area contributed by atoms with Gasteiger partial charge in [0, 0.05) is 15.6 Å². The quantitative estimate of drug-likeness (QED) is 0.186. The van der Waals surface area contributed by atoms with E-state index in [2.05, 4.69) is 0 Å². The third-order valence-electron chi connectivity index (χ3n) is 5.34. The summed E-state index contributed by atoms with van der Waals surface area (Å²) < 4.78 is 33.3. The number of sulfonamides is 1. The second-order valence-electron chi connectivity index (χ2n) is 7.92. The Morgan fingerprint density at radius 3 is 1.79 bits per heavy atom. The van der Waals surface area contributed by atoms with E-state index in [1.54, 1.807) is 0 Å². The van der Waals surface area contributed by atoms with Crippen LogP contribution in [0.1, 0.15) is 31.1 Å². The van der Waals surface area contributed by atoms with Crippen molar-refractivity contribution in [3.63, 3.8) is 0 Å². The number of benzene rings is 4. The van der Waals surface area contributed by atoms with Crippen LogP contribution in [0.4, 0.5) is 5.69 Å². The largest absolute Gasteiger partial charge is 0.478 e. The van der Waals surface area contributed by atoms with Gasteiger partial charge >= 0.3 is 11.9 Å². The van der Waals surface area contributed by atoms with Gasteiger partial charge in [-0.15, -0.1) is 0 Å². The fourth-order valence-corrected chi connectivity index (χ4v) is 5.30. The van der Waals surface area contributed by atoms with Crippen molar-refractivity contribution < 1.29 is 32.6 Å². The molecule has 0 saturated carbocycles. The molecule has 198 valence electrons. The molecule has 0 atom stereocenters. The van der Waals surface area contributed by atoms with Gasteiger partial charge in [0.25, 0.3) is 15.9 Å². The lowest BCUT2D eigenvalue weighted by molar-refractivity contribution is 0.0694. The first kappa shape index (κ1) is 28.1. The van der Waals surface area contributed by atoms with Crippen LogP contribution in [0.15, 0.2) is 95.9 Å². The van der Waals surface area contributed by atoms with Gasteiger partial charge < -0.3 is 9.84 Å². The van der Waals surface area contributed by atoms with E-state index in [0.717, 1.165) is 18.2 Å². The van der Waals surface area contributed by atoms with Gasteiger partial charge in [-0.2, -0.15) is 4.31 Å². The number of hydrogen-bond donors (Lipinski definition) is 1. The number of carboxylic acid groups (broad SMARTS) is 1. The highest BCUT2D eigenvalue weighted by molar-refractivity contribution is 7.93. The number of carbonyl (C=O) groups excluding carboxylic acids is 2. The Hall–Kier alpha value is -3.89. The average Bonchev–Trinajstić information content (AvgIpc) is 2.90. The summed E-state index contributed by atoms with van der Waals surface area (Å²) in [5.41, 5.74) is -0.328. The predicted octanol–water partition coefficient (Wildman–Crippen LogP) is 6.60. The van der Waals surface area contributed by atoms with Crippen LogP contribution in [-0.2, 0) is 10.0 Å².